The Kier molecular flexibility index (Phi) is 2.26. The SMILES string of the molecule is Cn1cnc(-n2ccnc2-c2ccccc2)c1. The van der Waals surface area contributed by atoms with Crippen LogP contribution in [0.2, 0.25) is 0 Å². The normalized spacial score (nSPS) is 10.6. The number of nitrogens with zero attached hydrogens (tertiary/aromatic N) is 4. The summed E-state index contributed by atoms with van der Waals surface area (Å²) in [5, 5.41) is 0. The van der Waals surface area contributed by atoms with Gasteiger partial charge in [0.25, 0.3) is 0 Å². The molecule has 84 valence electrons. The molecular formula is C13H12N4. The highest BCUT2D eigenvalue weighted by Gasteiger charge is 2.08. The number of rotatable bonds is 2. The number of hydrogen-bond donors (Lipinski definition) is 0. The number of benzene rings is 1. The van der Waals surface area contributed by atoms with Crippen LogP contribution in [0.4, 0.5) is 0 Å². The second kappa shape index (κ2) is 3.90. The Morgan fingerprint density at radius 1 is 1.06 bits per heavy atom. The molecule has 0 saturated carbocycles. The smallest absolute Gasteiger partial charge is 0.156 e. The second-order valence-corrected chi connectivity index (χ2v) is 3.88. The van der Waals surface area contributed by atoms with Gasteiger partial charge in [-0.2, -0.15) is 0 Å². The fourth-order valence-electron chi connectivity index (χ4n) is 1.81. The van der Waals surface area contributed by atoms with Crippen molar-refractivity contribution in [1.29, 1.82) is 0 Å². The van der Waals surface area contributed by atoms with Crippen LogP contribution >= 0.6 is 0 Å². The predicted molar refractivity (Wildman–Crippen MR) is 65.8 cm³/mol. The van der Waals surface area contributed by atoms with Gasteiger partial charge in [-0.05, 0) is 0 Å². The molecular weight excluding hydrogens is 212 g/mol. The van der Waals surface area contributed by atoms with Crippen LogP contribution in [0, 0.1) is 0 Å². The van der Waals surface area contributed by atoms with Gasteiger partial charge >= 0.3 is 0 Å². The van der Waals surface area contributed by atoms with Crippen molar-refractivity contribution < 1.29 is 0 Å². The van der Waals surface area contributed by atoms with E-state index >= 15 is 0 Å². The summed E-state index contributed by atoms with van der Waals surface area (Å²) < 4.78 is 3.90. The van der Waals surface area contributed by atoms with E-state index in [9.17, 15) is 0 Å². The molecule has 3 rings (SSSR count). The van der Waals surface area contributed by atoms with Crippen molar-refractivity contribution in [3.05, 3.63) is 55.2 Å². The van der Waals surface area contributed by atoms with Gasteiger partial charge in [0, 0.05) is 31.2 Å². The van der Waals surface area contributed by atoms with Crippen LogP contribution in [-0.4, -0.2) is 19.1 Å². The molecule has 0 aliphatic carbocycles. The van der Waals surface area contributed by atoms with Crippen molar-refractivity contribution in [3.8, 4) is 17.2 Å². The molecule has 0 aliphatic rings. The predicted octanol–water partition coefficient (Wildman–Crippen LogP) is 2.27. The van der Waals surface area contributed by atoms with Gasteiger partial charge in [0.15, 0.2) is 5.82 Å². The third kappa shape index (κ3) is 1.73. The topological polar surface area (TPSA) is 35.6 Å². The highest BCUT2D eigenvalue weighted by atomic mass is 15.2. The van der Waals surface area contributed by atoms with Crippen molar-refractivity contribution in [2.45, 2.75) is 0 Å². The standard InChI is InChI=1S/C13H12N4/c1-16-9-12(15-10-16)17-8-7-14-13(17)11-5-3-2-4-6-11/h2-10H,1H3. The molecule has 0 N–H and O–H groups in total. The van der Waals surface area contributed by atoms with Crippen molar-refractivity contribution in [3.63, 3.8) is 0 Å². The summed E-state index contributed by atoms with van der Waals surface area (Å²) in [7, 11) is 1.95. The van der Waals surface area contributed by atoms with Crippen molar-refractivity contribution >= 4 is 0 Å². The van der Waals surface area contributed by atoms with Crippen LogP contribution in [0.5, 0.6) is 0 Å². The molecule has 4 heteroatoms. The Morgan fingerprint density at radius 2 is 1.88 bits per heavy atom. The minimum Gasteiger partial charge on any atom is -0.338 e. The first-order chi connectivity index (χ1) is 8.34. The summed E-state index contributed by atoms with van der Waals surface area (Å²) in [5.74, 6) is 1.79. The van der Waals surface area contributed by atoms with Crippen molar-refractivity contribution in [2.75, 3.05) is 0 Å². The van der Waals surface area contributed by atoms with Crippen molar-refractivity contribution in [1.82, 2.24) is 19.1 Å². The summed E-state index contributed by atoms with van der Waals surface area (Å²) in [6, 6.07) is 10.1. The molecule has 0 atom stereocenters. The zero-order valence-electron chi connectivity index (χ0n) is 9.49. The van der Waals surface area contributed by atoms with Crippen LogP contribution in [0.25, 0.3) is 17.2 Å². The number of hydrogen-bond acceptors (Lipinski definition) is 2. The molecule has 0 bridgehead atoms. The lowest BCUT2D eigenvalue weighted by molar-refractivity contribution is 0.912. The number of aromatic nitrogens is 4. The average molecular weight is 224 g/mol. The summed E-state index contributed by atoms with van der Waals surface area (Å²) in [6.45, 7) is 0. The van der Waals surface area contributed by atoms with Gasteiger partial charge in [-0.15, -0.1) is 0 Å². The van der Waals surface area contributed by atoms with Crippen LogP contribution < -0.4 is 0 Å². The zero-order valence-corrected chi connectivity index (χ0v) is 9.49. The van der Waals surface area contributed by atoms with Crippen LogP contribution in [-0.2, 0) is 7.05 Å². The monoisotopic (exact) mass is 224 g/mol. The Balaban J connectivity index is 2.12. The van der Waals surface area contributed by atoms with E-state index in [1.54, 1.807) is 12.5 Å². The zero-order chi connectivity index (χ0) is 11.7. The first-order valence-electron chi connectivity index (χ1n) is 5.42. The van der Waals surface area contributed by atoms with E-state index in [1.807, 2.05) is 58.9 Å². The molecule has 2 heterocycles. The molecule has 0 saturated heterocycles. The maximum atomic E-state index is 4.39. The second-order valence-electron chi connectivity index (χ2n) is 3.88. The van der Waals surface area contributed by atoms with E-state index in [2.05, 4.69) is 9.97 Å². The maximum Gasteiger partial charge on any atom is 0.156 e. The molecule has 1 aromatic carbocycles. The van der Waals surface area contributed by atoms with Crippen LogP contribution in [0.1, 0.15) is 0 Å². The van der Waals surface area contributed by atoms with Gasteiger partial charge in [-0.3, -0.25) is 4.57 Å². The third-order valence-corrected chi connectivity index (χ3v) is 2.61. The highest BCUT2D eigenvalue weighted by molar-refractivity contribution is 5.57. The minimum absolute atomic E-state index is 0.879. The fraction of sp³-hybridized carbons (Fsp3) is 0.0769. The Morgan fingerprint density at radius 3 is 2.59 bits per heavy atom. The Labute approximate surface area is 99.2 Å². The quantitative estimate of drug-likeness (QED) is 0.669. The lowest BCUT2D eigenvalue weighted by atomic mass is 10.2. The number of aryl methyl sites for hydroxylation is 1. The van der Waals surface area contributed by atoms with E-state index in [-0.39, 0.29) is 0 Å². The Hall–Kier alpha value is -2.36. The summed E-state index contributed by atoms with van der Waals surface area (Å²) in [4.78, 5) is 8.72. The lowest BCUT2D eigenvalue weighted by Gasteiger charge is -2.03. The van der Waals surface area contributed by atoms with Gasteiger partial charge < -0.3 is 4.57 Å². The van der Waals surface area contributed by atoms with Crippen LogP contribution in [0.15, 0.2) is 55.2 Å². The largest absolute Gasteiger partial charge is 0.338 e. The van der Waals surface area contributed by atoms with E-state index < -0.39 is 0 Å². The molecule has 0 aliphatic heterocycles. The fourth-order valence-corrected chi connectivity index (χ4v) is 1.81. The number of imidazole rings is 2. The van der Waals surface area contributed by atoms with Gasteiger partial charge in [-0.25, -0.2) is 9.97 Å². The molecule has 17 heavy (non-hydrogen) atoms. The molecule has 3 aromatic rings. The van der Waals surface area contributed by atoms with Crippen LogP contribution in [0.3, 0.4) is 0 Å². The summed E-state index contributed by atoms with van der Waals surface area (Å²) in [6.07, 6.45) is 7.46. The third-order valence-electron chi connectivity index (χ3n) is 2.61. The maximum absolute atomic E-state index is 4.39. The van der Waals surface area contributed by atoms with E-state index in [1.165, 1.54) is 0 Å². The molecule has 0 unspecified atom stereocenters. The van der Waals surface area contributed by atoms with E-state index in [0.717, 1.165) is 17.2 Å². The minimum atomic E-state index is 0.879. The van der Waals surface area contributed by atoms with Gasteiger partial charge in [0.05, 0.1) is 6.33 Å². The van der Waals surface area contributed by atoms with Crippen molar-refractivity contribution in [2.24, 2.45) is 7.05 Å². The first kappa shape index (κ1) is 9.84. The Bertz CT molecular complexity index is 622. The van der Waals surface area contributed by atoms with E-state index in [0.29, 0.717) is 0 Å². The first-order valence-corrected chi connectivity index (χ1v) is 5.42. The molecule has 0 amide bonds. The molecule has 0 fully saturated rings. The van der Waals surface area contributed by atoms with E-state index in [4.69, 9.17) is 0 Å². The lowest BCUT2D eigenvalue weighted by Crippen LogP contribution is -1.96. The van der Waals surface area contributed by atoms with Gasteiger partial charge in [0.1, 0.15) is 5.82 Å². The van der Waals surface area contributed by atoms with Gasteiger partial charge in [0.2, 0.25) is 0 Å². The molecule has 4 nitrogen and oxygen atoms in total. The molecule has 2 aromatic heterocycles. The summed E-state index contributed by atoms with van der Waals surface area (Å²) >= 11 is 0. The average Bonchev–Trinajstić information content (AvgIpc) is 2.98. The molecule has 0 radical (unpaired) electrons. The van der Waals surface area contributed by atoms with Gasteiger partial charge in [-0.1, -0.05) is 30.3 Å². The summed E-state index contributed by atoms with van der Waals surface area (Å²) in [5.41, 5.74) is 1.09. The molecule has 0 spiro atoms. The highest BCUT2D eigenvalue weighted by Crippen LogP contribution is 2.19.